The first-order chi connectivity index (χ1) is 19.4. The lowest BCUT2D eigenvalue weighted by Crippen LogP contribution is -2.53. The molecule has 4 N–H and O–H groups in total. The molecule has 1 aromatic carbocycles. The zero-order chi connectivity index (χ0) is 29.8. The number of amides is 3. The Morgan fingerprint density at radius 3 is 2.66 bits per heavy atom. The third-order valence-electron chi connectivity index (χ3n) is 7.97. The van der Waals surface area contributed by atoms with Crippen LogP contribution in [0.1, 0.15) is 45.1 Å². The number of halogens is 2. The second-order valence-electron chi connectivity index (χ2n) is 11.3. The van der Waals surface area contributed by atoms with Gasteiger partial charge >= 0.3 is 13.1 Å². The highest BCUT2D eigenvalue weighted by molar-refractivity contribution is 6.43. The Hall–Kier alpha value is -3.47. The lowest BCUT2D eigenvalue weighted by Gasteiger charge is -2.41. The number of likely N-dealkylation sites (tertiary alicyclic amines) is 2. The second kappa shape index (κ2) is 12.6. The first kappa shape index (κ1) is 30.5. The highest BCUT2D eigenvalue weighted by atomic mass is 19.3. The third kappa shape index (κ3) is 7.44. The number of rotatable bonds is 9. The van der Waals surface area contributed by atoms with Crippen molar-refractivity contribution in [3.63, 3.8) is 0 Å². The molecule has 2 fully saturated rings. The monoisotopic (exact) mass is 571 g/mol. The Morgan fingerprint density at radius 1 is 1.27 bits per heavy atom. The van der Waals surface area contributed by atoms with Crippen molar-refractivity contribution >= 4 is 30.0 Å². The number of urea groups is 1. The van der Waals surface area contributed by atoms with Crippen LogP contribution in [-0.4, -0.2) is 88.5 Å². The van der Waals surface area contributed by atoms with Gasteiger partial charge in [-0.3, -0.25) is 9.69 Å². The molecule has 3 amide bonds. The van der Waals surface area contributed by atoms with E-state index in [0.717, 1.165) is 5.39 Å². The summed E-state index contributed by atoms with van der Waals surface area (Å²) in [6, 6.07) is 8.28. The van der Waals surface area contributed by atoms with E-state index in [-0.39, 0.29) is 50.5 Å². The van der Waals surface area contributed by atoms with Crippen LogP contribution in [0.25, 0.3) is 11.0 Å². The van der Waals surface area contributed by atoms with E-state index in [2.05, 4.69) is 10.6 Å². The summed E-state index contributed by atoms with van der Waals surface area (Å²) in [5, 5.41) is 35.6. The van der Waals surface area contributed by atoms with E-state index in [1.54, 1.807) is 30.9 Å². The number of piperidine rings is 1. The molecule has 220 valence electrons. The summed E-state index contributed by atoms with van der Waals surface area (Å²) in [4.78, 5) is 29.4. The standard InChI is InChI=1S/C28H36BF2N5O5/c1-27(2,35-12-9-28(30,31)10-13-35)15-20(16-32)25(37)36-11-5-6-21(36)17-33-26(38)34-24(29(39)40)14-19-18-41-23-8-4-3-7-22(19)23/h3-4,7-8,15,18,21,24,39-40H,5-6,9-14,17H2,1-2H3,(H2,33,34,38)/t21-,24?/m1/s1. The predicted octanol–water partition coefficient (Wildman–Crippen LogP) is 2.61. The molecule has 1 aromatic heterocycles. The van der Waals surface area contributed by atoms with E-state index >= 15 is 0 Å². The first-order valence-corrected chi connectivity index (χ1v) is 13.8. The highest BCUT2D eigenvalue weighted by Crippen LogP contribution is 2.32. The van der Waals surface area contributed by atoms with Crippen molar-refractivity contribution in [3.05, 3.63) is 47.7 Å². The van der Waals surface area contributed by atoms with Gasteiger partial charge in [-0.25, -0.2) is 13.6 Å². The van der Waals surface area contributed by atoms with E-state index in [0.29, 0.717) is 30.5 Å². The van der Waals surface area contributed by atoms with Crippen LogP contribution in [0.15, 0.2) is 46.6 Å². The van der Waals surface area contributed by atoms with E-state index in [1.807, 2.05) is 29.2 Å². The Morgan fingerprint density at radius 2 is 1.98 bits per heavy atom. The molecule has 0 radical (unpaired) electrons. The van der Waals surface area contributed by atoms with Crippen molar-refractivity contribution in [1.82, 2.24) is 20.4 Å². The number of fused-ring (bicyclic) bond motifs is 1. The number of benzene rings is 1. The van der Waals surface area contributed by atoms with Gasteiger partial charge in [-0.15, -0.1) is 0 Å². The zero-order valence-corrected chi connectivity index (χ0v) is 23.3. The molecule has 10 nitrogen and oxygen atoms in total. The molecule has 1 unspecified atom stereocenters. The van der Waals surface area contributed by atoms with Gasteiger partial charge < -0.3 is 30.0 Å². The molecular formula is C28H36BF2N5O5. The van der Waals surface area contributed by atoms with Crippen LogP contribution in [0, 0.1) is 11.3 Å². The molecule has 13 heteroatoms. The fourth-order valence-corrected chi connectivity index (χ4v) is 5.56. The van der Waals surface area contributed by atoms with Crippen LogP contribution in [-0.2, 0) is 11.2 Å². The van der Waals surface area contributed by atoms with Gasteiger partial charge in [-0.2, -0.15) is 5.26 Å². The minimum atomic E-state index is -2.70. The van der Waals surface area contributed by atoms with Gasteiger partial charge in [0.05, 0.1) is 12.2 Å². The van der Waals surface area contributed by atoms with Crippen molar-refractivity contribution in [2.45, 2.75) is 69.4 Å². The molecule has 2 atom stereocenters. The number of hydrogen-bond donors (Lipinski definition) is 4. The highest BCUT2D eigenvalue weighted by Gasteiger charge is 2.39. The van der Waals surface area contributed by atoms with Gasteiger partial charge in [0.15, 0.2) is 0 Å². The van der Waals surface area contributed by atoms with Crippen molar-refractivity contribution in [2.75, 3.05) is 26.2 Å². The number of nitrogens with one attached hydrogen (secondary N) is 2. The van der Waals surface area contributed by atoms with Crippen LogP contribution < -0.4 is 10.6 Å². The number of para-hydroxylation sites is 1. The number of carbonyl (C=O) groups is 2. The summed E-state index contributed by atoms with van der Waals surface area (Å²) in [5.74, 6) is -4.18. The van der Waals surface area contributed by atoms with E-state index in [4.69, 9.17) is 4.42 Å². The Kier molecular flexibility index (Phi) is 9.36. The molecule has 0 saturated carbocycles. The molecule has 0 spiro atoms. The maximum absolute atomic E-state index is 13.6. The average molecular weight is 571 g/mol. The van der Waals surface area contributed by atoms with Crippen LogP contribution in [0.3, 0.4) is 0 Å². The summed E-state index contributed by atoms with van der Waals surface area (Å²) in [6.07, 6.45) is 3.95. The topological polar surface area (TPSA) is 142 Å². The van der Waals surface area contributed by atoms with Gasteiger partial charge in [0.1, 0.15) is 17.2 Å². The van der Waals surface area contributed by atoms with Gasteiger partial charge in [-0.1, -0.05) is 18.2 Å². The lowest BCUT2D eigenvalue weighted by molar-refractivity contribution is -0.127. The summed E-state index contributed by atoms with van der Waals surface area (Å²) in [5.41, 5.74) is 0.518. The second-order valence-corrected chi connectivity index (χ2v) is 11.3. The van der Waals surface area contributed by atoms with Crippen molar-refractivity contribution in [2.24, 2.45) is 0 Å². The van der Waals surface area contributed by atoms with Crippen molar-refractivity contribution < 1.29 is 32.8 Å². The maximum atomic E-state index is 13.6. The number of carbonyl (C=O) groups excluding carboxylic acids is 2. The minimum Gasteiger partial charge on any atom is -0.464 e. The normalized spacial score (nSPS) is 20.5. The van der Waals surface area contributed by atoms with Gasteiger partial charge in [-0.05, 0) is 50.8 Å². The molecule has 0 bridgehead atoms. The summed E-state index contributed by atoms with van der Waals surface area (Å²) in [6.45, 7) is 4.43. The summed E-state index contributed by atoms with van der Waals surface area (Å²) in [7, 11) is -1.82. The number of hydrogen-bond acceptors (Lipinski definition) is 7. The molecule has 41 heavy (non-hydrogen) atoms. The van der Waals surface area contributed by atoms with Gasteiger partial charge in [0.25, 0.3) is 11.8 Å². The predicted molar refractivity (Wildman–Crippen MR) is 149 cm³/mol. The van der Waals surface area contributed by atoms with Gasteiger partial charge in [0.2, 0.25) is 0 Å². The lowest BCUT2D eigenvalue weighted by atomic mass is 9.76. The molecule has 2 aliphatic heterocycles. The molecule has 0 aliphatic carbocycles. The van der Waals surface area contributed by atoms with E-state index in [1.165, 1.54) is 6.26 Å². The van der Waals surface area contributed by atoms with Crippen LogP contribution in [0.4, 0.5) is 13.6 Å². The molecule has 3 heterocycles. The van der Waals surface area contributed by atoms with Crippen LogP contribution in [0.2, 0.25) is 0 Å². The summed E-state index contributed by atoms with van der Waals surface area (Å²) < 4.78 is 32.8. The van der Waals surface area contributed by atoms with Crippen LogP contribution in [0.5, 0.6) is 0 Å². The van der Waals surface area contributed by atoms with E-state index in [9.17, 15) is 33.7 Å². The molecule has 2 saturated heterocycles. The van der Waals surface area contributed by atoms with Crippen LogP contribution >= 0.6 is 0 Å². The molecular weight excluding hydrogens is 535 g/mol. The Balaban J connectivity index is 1.35. The van der Waals surface area contributed by atoms with Crippen molar-refractivity contribution in [1.29, 1.82) is 5.26 Å². The quantitative estimate of drug-likeness (QED) is 0.206. The number of nitriles is 1. The smallest absolute Gasteiger partial charge is 0.464 e. The Labute approximate surface area is 238 Å². The fraction of sp³-hybridized carbons (Fsp3) is 0.536. The average Bonchev–Trinajstić information content (AvgIpc) is 3.57. The molecule has 4 rings (SSSR count). The van der Waals surface area contributed by atoms with Gasteiger partial charge in [0, 0.05) is 56.0 Å². The Bertz CT molecular complexity index is 1310. The SMILES string of the molecule is CC(C)(C=C(C#N)C(=O)N1CCC[C@@H]1CNC(=O)NC(Cc1coc2ccccc12)B(O)O)N1CCC(F)(F)CC1. The first-order valence-electron chi connectivity index (χ1n) is 13.8. The zero-order valence-electron chi connectivity index (χ0n) is 23.3. The largest absolute Gasteiger partial charge is 0.475 e. The number of alkyl halides is 2. The summed E-state index contributed by atoms with van der Waals surface area (Å²) >= 11 is 0. The minimum absolute atomic E-state index is 0.0699. The van der Waals surface area contributed by atoms with Crippen molar-refractivity contribution in [3.8, 4) is 6.07 Å². The fourth-order valence-electron chi connectivity index (χ4n) is 5.56. The van der Waals surface area contributed by atoms with E-state index < -0.39 is 36.5 Å². The molecule has 2 aliphatic rings. The third-order valence-corrected chi connectivity index (χ3v) is 7.97. The maximum Gasteiger partial charge on any atom is 0.475 e. The number of furan rings is 1. The number of nitrogens with zero attached hydrogens (tertiary/aromatic N) is 3. The molecule has 2 aromatic rings.